The molecule has 0 spiro atoms. The Kier molecular flexibility index (Phi) is 6.55. The lowest BCUT2D eigenvalue weighted by Crippen LogP contribution is -2.26. The van der Waals surface area contributed by atoms with E-state index in [-0.39, 0.29) is 13.0 Å². The molecule has 0 saturated carbocycles. The normalized spacial score (nSPS) is 16.6. The van der Waals surface area contributed by atoms with Gasteiger partial charge in [-0.2, -0.15) is 29.0 Å². The van der Waals surface area contributed by atoms with Crippen LogP contribution in [-0.4, -0.2) is 41.8 Å². The van der Waals surface area contributed by atoms with Crippen LogP contribution in [0.5, 0.6) is 0 Å². The summed E-state index contributed by atoms with van der Waals surface area (Å²) in [5.41, 5.74) is -1.22. The Balaban J connectivity index is 4.15. The first-order chi connectivity index (χ1) is 7.54. The molecule has 102 valence electrons. The van der Waals surface area contributed by atoms with E-state index in [0.29, 0.717) is 6.42 Å². The van der Waals surface area contributed by atoms with Crippen LogP contribution >= 0.6 is 16.3 Å². The number of rotatable bonds is 8. The van der Waals surface area contributed by atoms with E-state index in [2.05, 4.69) is 15.4 Å². The molecule has 0 radical (unpaired) electrons. The lowest BCUT2D eigenvalue weighted by Gasteiger charge is -2.21. The average molecular weight is 292 g/mol. The summed E-state index contributed by atoms with van der Waals surface area (Å²) in [6, 6.07) is 0. The van der Waals surface area contributed by atoms with E-state index in [0.717, 1.165) is 0 Å². The van der Waals surface area contributed by atoms with Crippen molar-refractivity contribution in [2.24, 2.45) is 0 Å². The van der Waals surface area contributed by atoms with Crippen LogP contribution < -0.4 is 0 Å². The highest BCUT2D eigenvalue weighted by atomic mass is 31.3. The largest absolute Gasteiger partial charge is 0.620 e. The third-order valence-electron chi connectivity index (χ3n) is 2.00. The summed E-state index contributed by atoms with van der Waals surface area (Å²) in [6.07, 6.45) is 1.64. The summed E-state index contributed by atoms with van der Waals surface area (Å²) < 4.78 is 8.22. The van der Waals surface area contributed by atoms with Gasteiger partial charge < -0.3 is 5.11 Å². The molecule has 0 heterocycles. The summed E-state index contributed by atoms with van der Waals surface area (Å²) in [6.45, 7) is 4.79. The first kappa shape index (κ1) is 17.3. The van der Waals surface area contributed by atoms with Gasteiger partial charge in [-0.3, -0.25) is 0 Å². The molecule has 0 rings (SSSR count). The molecule has 6 N–H and O–H groups in total. The number of aliphatic hydroxyl groups is 1. The number of hydrogen-bond acceptors (Lipinski definition) is 8. The van der Waals surface area contributed by atoms with Gasteiger partial charge in [-0.15, -0.1) is 6.58 Å². The van der Waals surface area contributed by atoms with Crippen molar-refractivity contribution in [1.29, 1.82) is 0 Å². The molecular weight excluding hydrogens is 274 g/mol. The lowest BCUT2D eigenvalue weighted by atomic mass is 9.98. The Morgan fingerprint density at radius 3 is 2.12 bits per heavy atom. The Labute approximate surface area is 100 Å². The van der Waals surface area contributed by atoms with Crippen LogP contribution in [0.3, 0.4) is 0 Å². The second kappa shape index (κ2) is 6.45. The summed E-state index contributed by atoms with van der Waals surface area (Å²) in [7, 11) is -9.31. The molecule has 1 atom stereocenters. The van der Waals surface area contributed by atoms with E-state index >= 15 is 0 Å². The smallest absolute Gasteiger partial charge is 0.386 e. The first-order valence-corrected chi connectivity index (χ1v) is 7.77. The van der Waals surface area contributed by atoms with Crippen LogP contribution in [0.15, 0.2) is 12.7 Å². The van der Waals surface area contributed by atoms with Crippen LogP contribution in [-0.2, 0) is 8.83 Å². The summed E-state index contributed by atoms with van der Waals surface area (Å²) >= 11 is 0. The van der Waals surface area contributed by atoms with Gasteiger partial charge in [-0.1, -0.05) is 13.0 Å². The minimum atomic E-state index is -4.79. The highest BCUT2D eigenvalue weighted by Gasteiger charge is 2.58. The van der Waals surface area contributed by atoms with Crippen molar-refractivity contribution in [3.8, 4) is 0 Å². The van der Waals surface area contributed by atoms with Gasteiger partial charge >= 0.3 is 16.3 Å². The second-order valence-electron chi connectivity index (χ2n) is 3.33. The zero-order valence-corrected chi connectivity index (χ0v) is 11.1. The topological polar surface area (TPSA) is 140 Å². The Hall–Kier alpha value is 0.280. The minimum absolute atomic E-state index is 0.00690. The van der Waals surface area contributed by atoms with Crippen LogP contribution in [0.2, 0.25) is 0 Å². The standard InChI is InChI=1S/C7H18O8P2/c1-3-7(8,4-2)5-6-14-17(12,13)15-16(9,10)11/h3,8-13H,1,4-6H2,2H3/q+2. The molecule has 17 heavy (non-hydrogen) atoms. The van der Waals surface area contributed by atoms with Crippen molar-refractivity contribution in [2.75, 3.05) is 6.61 Å². The van der Waals surface area contributed by atoms with Gasteiger partial charge in [0.2, 0.25) is 0 Å². The number of hydrogen-bond donors (Lipinski definition) is 6. The van der Waals surface area contributed by atoms with E-state index in [9.17, 15) is 5.11 Å². The van der Waals surface area contributed by atoms with Crippen LogP contribution in [0.1, 0.15) is 19.8 Å². The Bertz CT molecular complexity index is 253. The van der Waals surface area contributed by atoms with E-state index in [4.69, 9.17) is 24.5 Å². The molecule has 0 bridgehead atoms. The zero-order chi connectivity index (χ0) is 13.7. The predicted octanol–water partition coefficient (Wildman–Crippen LogP) is 0.0535. The first-order valence-electron chi connectivity index (χ1n) is 4.67. The Morgan fingerprint density at radius 2 is 1.76 bits per heavy atom. The van der Waals surface area contributed by atoms with Gasteiger partial charge in [-0.25, -0.2) is 0 Å². The lowest BCUT2D eigenvalue weighted by molar-refractivity contribution is 0.0505. The molecule has 0 aliphatic rings. The zero-order valence-electron chi connectivity index (χ0n) is 9.30. The van der Waals surface area contributed by atoms with E-state index < -0.39 is 21.9 Å². The summed E-state index contributed by atoms with van der Waals surface area (Å²) in [5, 5.41) is 9.73. The van der Waals surface area contributed by atoms with Crippen molar-refractivity contribution in [1.82, 2.24) is 0 Å². The molecule has 0 aliphatic heterocycles. The molecule has 0 aliphatic carbocycles. The monoisotopic (exact) mass is 292 g/mol. The van der Waals surface area contributed by atoms with Crippen molar-refractivity contribution in [3.05, 3.63) is 12.7 Å². The van der Waals surface area contributed by atoms with E-state index in [1.54, 1.807) is 6.92 Å². The third-order valence-corrected chi connectivity index (χ3v) is 4.25. The van der Waals surface area contributed by atoms with Gasteiger partial charge in [0.1, 0.15) is 6.61 Å². The van der Waals surface area contributed by atoms with Gasteiger partial charge in [0.15, 0.2) is 0 Å². The van der Waals surface area contributed by atoms with E-state index in [1.165, 1.54) is 6.08 Å². The molecule has 0 fully saturated rings. The SMILES string of the molecule is C=CC(O)(CC)CCO[P+](O)(O)O[P+](O)(O)O. The van der Waals surface area contributed by atoms with Crippen LogP contribution in [0.25, 0.3) is 0 Å². The molecule has 0 amide bonds. The molecule has 0 aromatic heterocycles. The Morgan fingerprint density at radius 1 is 1.24 bits per heavy atom. The van der Waals surface area contributed by atoms with Gasteiger partial charge in [0, 0.05) is 6.42 Å². The molecular formula is C7H18O8P2+2. The average Bonchev–Trinajstić information content (AvgIpc) is 2.13. The van der Waals surface area contributed by atoms with Crippen LogP contribution in [0, 0.1) is 0 Å². The fourth-order valence-electron chi connectivity index (χ4n) is 0.931. The quantitative estimate of drug-likeness (QED) is 0.272. The third kappa shape index (κ3) is 8.07. The molecule has 0 saturated heterocycles. The maximum atomic E-state index is 9.73. The highest BCUT2D eigenvalue weighted by Crippen LogP contribution is 2.67. The van der Waals surface area contributed by atoms with Gasteiger partial charge in [0.25, 0.3) is 0 Å². The van der Waals surface area contributed by atoms with Crippen molar-refractivity contribution in [3.63, 3.8) is 0 Å². The molecule has 10 heteroatoms. The predicted molar refractivity (Wildman–Crippen MR) is 62.0 cm³/mol. The van der Waals surface area contributed by atoms with E-state index in [1.807, 2.05) is 0 Å². The minimum Gasteiger partial charge on any atom is -0.386 e. The molecule has 0 aromatic carbocycles. The van der Waals surface area contributed by atoms with Crippen molar-refractivity contribution < 1.29 is 38.4 Å². The van der Waals surface area contributed by atoms with Crippen molar-refractivity contribution in [2.45, 2.75) is 25.4 Å². The van der Waals surface area contributed by atoms with Crippen molar-refractivity contribution >= 4 is 16.3 Å². The molecule has 0 aromatic rings. The maximum Gasteiger partial charge on any atom is 0.620 e. The highest BCUT2D eigenvalue weighted by molar-refractivity contribution is 7.67. The molecule has 1 unspecified atom stereocenters. The molecule has 8 nitrogen and oxygen atoms in total. The fourth-order valence-corrected chi connectivity index (χ4v) is 2.59. The fraction of sp³-hybridized carbons (Fsp3) is 0.714. The second-order valence-corrected chi connectivity index (χ2v) is 6.25. The van der Waals surface area contributed by atoms with Gasteiger partial charge in [-0.05, 0) is 6.42 Å². The maximum absolute atomic E-state index is 9.73. The van der Waals surface area contributed by atoms with Gasteiger partial charge in [0.05, 0.1) is 9.91 Å². The summed E-state index contributed by atoms with van der Waals surface area (Å²) in [5.74, 6) is 0. The summed E-state index contributed by atoms with van der Waals surface area (Å²) in [4.78, 5) is 43.5. The van der Waals surface area contributed by atoms with Crippen LogP contribution in [0.4, 0.5) is 0 Å².